The number of allylic oxidation sites excluding steroid dienone is 2. The van der Waals surface area contributed by atoms with Crippen LogP contribution in [0.2, 0.25) is 0 Å². The lowest BCUT2D eigenvalue weighted by Crippen LogP contribution is -2.51. The number of rotatable bonds is 0. The number of nitrogens with two attached hydrogens (primary N) is 2. The van der Waals surface area contributed by atoms with Crippen LogP contribution in [0.15, 0.2) is 23.8 Å². The maximum Gasteiger partial charge on any atom is 0.0506 e. The quantitative estimate of drug-likeness (QED) is 0.513. The highest BCUT2D eigenvalue weighted by molar-refractivity contribution is 5.31. The first-order valence-corrected chi connectivity index (χ1v) is 3.44. The molecular weight excluding hydrogens is 124 g/mol. The Kier molecular flexibility index (Phi) is 1.67. The summed E-state index contributed by atoms with van der Waals surface area (Å²) >= 11 is 0. The van der Waals surface area contributed by atoms with Gasteiger partial charge in [0.05, 0.1) is 5.54 Å². The summed E-state index contributed by atoms with van der Waals surface area (Å²) in [6.45, 7) is 3.96. The van der Waals surface area contributed by atoms with Crippen molar-refractivity contribution >= 4 is 0 Å². The molecule has 0 radical (unpaired) electrons. The van der Waals surface area contributed by atoms with Crippen LogP contribution in [0.1, 0.15) is 13.8 Å². The third-order valence-electron chi connectivity index (χ3n) is 1.82. The molecule has 0 saturated carbocycles. The van der Waals surface area contributed by atoms with Gasteiger partial charge in [-0.05, 0) is 13.8 Å². The van der Waals surface area contributed by atoms with Gasteiger partial charge in [-0.25, -0.2) is 0 Å². The van der Waals surface area contributed by atoms with Crippen molar-refractivity contribution in [1.29, 1.82) is 0 Å². The van der Waals surface area contributed by atoms with E-state index in [1.807, 2.05) is 32.1 Å². The van der Waals surface area contributed by atoms with E-state index in [9.17, 15) is 0 Å². The van der Waals surface area contributed by atoms with Gasteiger partial charge in [-0.1, -0.05) is 23.8 Å². The van der Waals surface area contributed by atoms with Crippen molar-refractivity contribution in [3.8, 4) is 0 Å². The minimum atomic E-state index is -0.362. The third kappa shape index (κ3) is 1.28. The Balaban J connectivity index is 2.88. The van der Waals surface area contributed by atoms with Gasteiger partial charge in [0.1, 0.15) is 0 Å². The number of hydrogen-bond acceptors (Lipinski definition) is 2. The molecule has 1 aliphatic carbocycles. The van der Waals surface area contributed by atoms with Gasteiger partial charge in [0, 0.05) is 6.04 Å². The largest absolute Gasteiger partial charge is 0.323 e. The summed E-state index contributed by atoms with van der Waals surface area (Å²) in [6.07, 6.45) is 5.94. The highest BCUT2D eigenvalue weighted by atomic mass is 14.8. The Hall–Kier alpha value is -0.600. The highest BCUT2D eigenvalue weighted by Crippen LogP contribution is 2.16. The van der Waals surface area contributed by atoms with E-state index in [0.717, 1.165) is 0 Å². The Morgan fingerprint density at radius 3 is 2.60 bits per heavy atom. The average Bonchev–Trinajstić information content (AvgIpc) is 1.78. The zero-order valence-corrected chi connectivity index (χ0v) is 6.46. The first kappa shape index (κ1) is 7.51. The van der Waals surface area contributed by atoms with Crippen molar-refractivity contribution in [3.05, 3.63) is 23.8 Å². The van der Waals surface area contributed by atoms with Crippen molar-refractivity contribution in [3.63, 3.8) is 0 Å². The van der Waals surface area contributed by atoms with Crippen LogP contribution in [0.5, 0.6) is 0 Å². The van der Waals surface area contributed by atoms with Crippen LogP contribution in [-0.2, 0) is 0 Å². The Bertz CT molecular complexity index is 189. The van der Waals surface area contributed by atoms with Gasteiger partial charge >= 0.3 is 0 Å². The van der Waals surface area contributed by atoms with Crippen molar-refractivity contribution in [1.82, 2.24) is 0 Å². The molecule has 2 heteroatoms. The second-order valence-electron chi connectivity index (χ2n) is 3.14. The van der Waals surface area contributed by atoms with Gasteiger partial charge in [0.2, 0.25) is 0 Å². The normalized spacial score (nSPS) is 39.6. The first-order chi connectivity index (χ1) is 4.52. The molecule has 2 atom stereocenters. The fourth-order valence-electron chi connectivity index (χ4n) is 1.10. The molecule has 0 heterocycles. The molecule has 56 valence electrons. The SMILES string of the molecule is CC1=CC(C)(N)C(N)C=C1. The van der Waals surface area contributed by atoms with Gasteiger partial charge in [-0.2, -0.15) is 0 Å². The third-order valence-corrected chi connectivity index (χ3v) is 1.82. The molecular formula is C8H14N2. The summed E-state index contributed by atoms with van der Waals surface area (Å²) in [5, 5.41) is 0. The fraction of sp³-hybridized carbons (Fsp3) is 0.500. The van der Waals surface area contributed by atoms with Crippen LogP contribution in [0, 0.1) is 0 Å². The maximum atomic E-state index is 5.86. The van der Waals surface area contributed by atoms with Crippen LogP contribution in [-0.4, -0.2) is 11.6 Å². The predicted octanol–water partition coefficient (Wildman–Crippen LogP) is 0.547. The van der Waals surface area contributed by atoms with Crippen molar-refractivity contribution in [2.75, 3.05) is 0 Å². The van der Waals surface area contributed by atoms with Crippen LogP contribution < -0.4 is 11.5 Å². The summed E-state index contributed by atoms with van der Waals surface area (Å²) in [4.78, 5) is 0. The molecule has 0 bridgehead atoms. The Morgan fingerprint density at radius 2 is 2.20 bits per heavy atom. The second kappa shape index (κ2) is 2.22. The molecule has 2 unspecified atom stereocenters. The van der Waals surface area contributed by atoms with E-state index >= 15 is 0 Å². The van der Waals surface area contributed by atoms with E-state index in [2.05, 4.69) is 0 Å². The molecule has 0 aromatic rings. The number of hydrogen-bond donors (Lipinski definition) is 2. The minimum Gasteiger partial charge on any atom is -0.323 e. The minimum absolute atomic E-state index is 0.0452. The highest BCUT2D eigenvalue weighted by Gasteiger charge is 2.24. The second-order valence-corrected chi connectivity index (χ2v) is 3.14. The lowest BCUT2D eigenvalue weighted by molar-refractivity contribution is 0.511. The molecule has 10 heavy (non-hydrogen) atoms. The van der Waals surface area contributed by atoms with E-state index in [1.54, 1.807) is 0 Å². The molecule has 4 N–H and O–H groups in total. The standard InChI is InChI=1S/C8H14N2/c1-6-3-4-7(9)8(2,10)5-6/h3-5,7H,9-10H2,1-2H3. The summed E-state index contributed by atoms with van der Waals surface area (Å²) in [5.41, 5.74) is 12.4. The van der Waals surface area contributed by atoms with E-state index in [4.69, 9.17) is 11.5 Å². The summed E-state index contributed by atoms with van der Waals surface area (Å²) in [6, 6.07) is -0.0452. The van der Waals surface area contributed by atoms with Gasteiger partial charge in [-0.15, -0.1) is 0 Å². The molecule has 0 aliphatic heterocycles. The molecule has 2 nitrogen and oxygen atoms in total. The van der Waals surface area contributed by atoms with E-state index in [0.29, 0.717) is 0 Å². The van der Waals surface area contributed by atoms with Crippen LogP contribution in [0.3, 0.4) is 0 Å². The lowest BCUT2D eigenvalue weighted by Gasteiger charge is -2.29. The van der Waals surface area contributed by atoms with E-state index in [1.165, 1.54) is 5.57 Å². The molecule has 1 rings (SSSR count). The van der Waals surface area contributed by atoms with E-state index < -0.39 is 0 Å². The monoisotopic (exact) mass is 138 g/mol. The fourth-order valence-corrected chi connectivity index (χ4v) is 1.10. The zero-order chi connectivity index (χ0) is 7.78. The molecule has 0 saturated heterocycles. The average molecular weight is 138 g/mol. The van der Waals surface area contributed by atoms with Gasteiger partial charge in [0.15, 0.2) is 0 Å². The molecule has 0 spiro atoms. The first-order valence-electron chi connectivity index (χ1n) is 3.44. The molecule has 0 amide bonds. The molecule has 0 aromatic carbocycles. The van der Waals surface area contributed by atoms with Gasteiger partial charge < -0.3 is 11.5 Å². The van der Waals surface area contributed by atoms with Gasteiger partial charge in [-0.3, -0.25) is 0 Å². The van der Waals surface area contributed by atoms with Gasteiger partial charge in [0.25, 0.3) is 0 Å². The summed E-state index contributed by atoms with van der Waals surface area (Å²) < 4.78 is 0. The summed E-state index contributed by atoms with van der Waals surface area (Å²) in [7, 11) is 0. The van der Waals surface area contributed by atoms with Crippen molar-refractivity contribution in [2.24, 2.45) is 11.5 Å². The van der Waals surface area contributed by atoms with E-state index in [-0.39, 0.29) is 11.6 Å². The van der Waals surface area contributed by atoms with Crippen LogP contribution >= 0.6 is 0 Å². The maximum absolute atomic E-state index is 5.86. The molecule has 0 fully saturated rings. The smallest absolute Gasteiger partial charge is 0.0506 e. The molecule has 0 aromatic heterocycles. The summed E-state index contributed by atoms with van der Waals surface area (Å²) in [5.74, 6) is 0. The topological polar surface area (TPSA) is 52.0 Å². The Morgan fingerprint density at radius 1 is 1.60 bits per heavy atom. The van der Waals surface area contributed by atoms with Crippen LogP contribution in [0.4, 0.5) is 0 Å². The van der Waals surface area contributed by atoms with Crippen LogP contribution in [0.25, 0.3) is 0 Å². The predicted molar refractivity (Wildman–Crippen MR) is 43.5 cm³/mol. The van der Waals surface area contributed by atoms with Crippen molar-refractivity contribution in [2.45, 2.75) is 25.4 Å². The Labute approximate surface area is 61.6 Å². The van der Waals surface area contributed by atoms with Crippen molar-refractivity contribution < 1.29 is 0 Å². The zero-order valence-electron chi connectivity index (χ0n) is 6.46. The lowest BCUT2D eigenvalue weighted by atomic mass is 9.87. The molecule has 1 aliphatic rings.